The van der Waals surface area contributed by atoms with E-state index >= 15 is 0 Å². The number of carbonyl (C=O) groups is 1. The van der Waals surface area contributed by atoms with Crippen molar-refractivity contribution in [2.45, 2.75) is 17.9 Å². The molecule has 1 heterocycles. The fraction of sp³-hybridized carbons (Fsp3) is 0.188. The number of halogens is 2. The zero-order chi connectivity index (χ0) is 16.6. The third kappa shape index (κ3) is 3.30. The van der Waals surface area contributed by atoms with Crippen LogP contribution in [0.15, 0.2) is 45.8 Å². The molecule has 2 aromatic carbocycles. The first kappa shape index (κ1) is 16.1. The largest absolute Gasteiger partial charge is 0.348 e. The second kappa shape index (κ2) is 6.05. The third-order valence-corrected chi connectivity index (χ3v) is 6.23. The van der Waals surface area contributed by atoms with E-state index in [9.17, 15) is 17.6 Å². The van der Waals surface area contributed by atoms with E-state index in [1.807, 2.05) is 0 Å². The Morgan fingerprint density at radius 2 is 2.00 bits per heavy atom. The molecule has 120 valence electrons. The molecule has 1 amide bonds. The zero-order valence-corrected chi connectivity index (χ0v) is 14.4. The lowest BCUT2D eigenvalue weighted by molar-refractivity contribution is 0.0949. The summed E-state index contributed by atoms with van der Waals surface area (Å²) in [5.41, 5.74) is 1.80. The lowest BCUT2D eigenvalue weighted by atomic mass is 10.1. The quantitative estimate of drug-likeness (QED) is 0.865. The highest BCUT2D eigenvalue weighted by molar-refractivity contribution is 9.10. The molecule has 0 unspecified atom stereocenters. The Morgan fingerprint density at radius 1 is 1.22 bits per heavy atom. The maximum Gasteiger partial charge on any atom is 0.252 e. The molecular weight excluding hydrogens is 385 g/mol. The molecule has 1 N–H and O–H groups in total. The van der Waals surface area contributed by atoms with Crippen LogP contribution in [0.3, 0.4) is 0 Å². The standard InChI is InChI=1S/C16H13BrFNO3S/c17-14-3-2-12(18)8-13(14)16(20)19-9-10-1-4-15-11(7-10)5-6-23(15,21)22/h1-4,7-8H,5-6,9H2,(H,19,20). The average Bonchev–Trinajstić information content (AvgIpc) is 2.82. The molecule has 0 aliphatic carbocycles. The van der Waals surface area contributed by atoms with Crippen molar-refractivity contribution < 1.29 is 17.6 Å². The van der Waals surface area contributed by atoms with Crippen LogP contribution in [-0.4, -0.2) is 20.1 Å². The number of sulfone groups is 1. The minimum absolute atomic E-state index is 0.133. The fourth-order valence-electron chi connectivity index (χ4n) is 2.54. The number of nitrogens with one attached hydrogen (secondary N) is 1. The number of fused-ring (bicyclic) bond motifs is 1. The van der Waals surface area contributed by atoms with Crippen LogP contribution < -0.4 is 5.32 Å². The van der Waals surface area contributed by atoms with Crippen LogP contribution in [0.4, 0.5) is 4.39 Å². The van der Waals surface area contributed by atoms with Gasteiger partial charge in [-0.25, -0.2) is 12.8 Å². The summed E-state index contributed by atoms with van der Waals surface area (Å²) in [5, 5.41) is 2.71. The van der Waals surface area contributed by atoms with Gasteiger partial charge in [0.15, 0.2) is 9.84 Å². The van der Waals surface area contributed by atoms with E-state index in [0.717, 1.165) is 17.2 Å². The van der Waals surface area contributed by atoms with E-state index in [1.54, 1.807) is 18.2 Å². The van der Waals surface area contributed by atoms with E-state index in [0.29, 0.717) is 15.8 Å². The molecule has 1 aliphatic heterocycles. The highest BCUT2D eigenvalue weighted by atomic mass is 79.9. The van der Waals surface area contributed by atoms with Crippen LogP contribution in [0.2, 0.25) is 0 Å². The van der Waals surface area contributed by atoms with Gasteiger partial charge in [-0.2, -0.15) is 0 Å². The first-order valence-electron chi connectivity index (χ1n) is 6.94. The van der Waals surface area contributed by atoms with Crippen molar-refractivity contribution in [2.24, 2.45) is 0 Å². The highest BCUT2D eigenvalue weighted by Gasteiger charge is 2.25. The van der Waals surface area contributed by atoms with Crippen LogP contribution in [0.25, 0.3) is 0 Å². The van der Waals surface area contributed by atoms with Gasteiger partial charge in [0.05, 0.1) is 16.2 Å². The summed E-state index contributed by atoms with van der Waals surface area (Å²) >= 11 is 3.22. The molecule has 7 heteroatoms. The first-order chi connectivity index (χ1) is 10.9. The van der Waals surface area contributed by atoms with Crippen LogP contribution in [0.5, 0.6) is 0 Å². The van der Waals surface area contributed by atoms with Crippen molar-refractivity contribution in [3.05, 3.63) is 63.4 Å². The zero-order valence-electron chi connectivity index (χ0n) is 12.0. The normalized spacial score (nSPS) is 15.2. The Morgan fingerprint density at radius 3 is 2.78 bits per heavy atom. The van der Waals surface area contributed by atoms with Gasteiger partial charge in [0.25, 0.3) is 5.91 Å². The Kier molecular flexibility index (Phi) is 4.25. The van der Waals surface area contributed by atoms with Crippen LogP contribution >= 0.6 is 15.9 Å². The van der Waals surface area contributed by atoms with Gasteiger partial charge in [0.1, 0.15) is 5.82 Å². The molecule has 4 nitrogen and oxygen atoms in total. The number of hydrogen-bond acceptors (Lipinski definition) is 3. The summed E-state index contributed by atoms with van der Waals surface area (Å²) < 4.78 is 37.3. The average molecular weight is 398 g/mol. The van der Waals surface area contributed by atoms with Crippen LogP contribution in [-0.2, 0) is 22.8 Å². The Hall–Kier alpha value is -1.73. The smallest absolute Gasteiger partial charge is 0.252 e. The van der Waals surface area contributed by atoms with Crippen molar-refractivity contribution in [1.29, 1.82) is 0 Å². The van der Waals surface area contributed by atoms with Crippen molar-refractivity contribution in [1.82, 2.24) is 5.32 Å². The summed E-state index contributed by atoms with van der Waals surface area (Å²) in [6, 6.07) is 8.96. The molecule has 23 heavy (non-hydrogen) atoms. The molecule has 0 fully saturated rings. The molecule has 2 aromatic rings. The molecular formula is C16H13BrFNO3S. The van der Waals surface area contributed by atoms with Gasteiger partial charge in [-0.3, -0.25) is 4.79 Å². The summed E-state index contributed by atoms with van der Waals surface area (Å²) in [6.45, 7) is 0.245. The molecule has 0 saturated carbocycles. The van der Waals surface area contributed by atoms with Gasteiger partial charge in [-0.1, -0.05) is 12.1 Å². The van der Waals surface area contributed by atoms with Gasteiger partial charge >= 0.3 is 0 Å². The first-order valence-corrected chi connectivity index (χ1v) is 9.39. The molecule has 0 atom stereocenters. The number of aryl methyl sites for hydroxylation is 1. The molecule has 0 spiro atoms. The lowest BCUT2D eigenvalue weighted by Gasteiger charge is -2.08. The Bertz CT molecular complexity index is 896. The van der Waals surface area contributed by atoms with Crippen molar-refractivity contribution in [3.63, 3.8) is 0 Å². The number of hydrogen-bond donors (Lipinski definition) is 1. The van der Waals surface area contributed by atoms with Crippen molar-refractivity contribution in [3.8, 4) is 0 Å². The predicted molar refractivity (Wildman–Crippen MR) is 87.5 cm³/mol. The fourth-order valence-corrected chi connectivity index (χ4v) is 4.52. The summed E-state index contributed by atoms with van der Waals surface area (Å²) in [6.07, 6.45) is 0.495. The predicted octanol–water partition coefficient (Wildman–Crippen LogP) is 2.85. The molecule has 0 bridgehead atoms. The monoisotopic (exact) mass is 397 g/mol. The number of carbonyl (C=O) groups excluding carboxylic acids is 1. The number of amides is 1. The van der Waals surface area contributed by atoms with E-state index < -0.39 is 21.6 Å². The number of rotatable bonds is 3. The van der Waals surface area contributed by atoms with E-state index in [-0.39, 0.29) is 17.9 Å². The second-order valence-electron chi connectivity index (χ2n) is 5.32. The SMILES string of the molecule is O=C(NCc1ccc2c(c1)CCS2(=O)=O)c1cc(F)ccc1Br. The minimum atomic E-state index is -3.14. The maximum absolute atomic E-state index is 13.2. The van der Waals surface area contributed by atoms with Crippen LogP contribution in [0.1, 0.15) is 21.5 Å². The van der Waals surface area contributed by atoms with E-state index in [1.165, 1.54) is 12.1 Å². The topological polar surface area (TPSA) is 63.2 Å². The summed E-state index contributed by atoms with van der Waals surface area (Å²) in [4.78, 5) is 12.5. The second-order valence-corrected chi connectivity index (χ2v) is 8.25. The molecule has 0 saturated heterocycles. The van der Waals surface area contributed by atoms with Gasteiger partial charge in [0, 0.05) is 11.0 Å². The molecule has 0 aromatic heterocycles. The van der Waals surface area contributed by atoms with Crippen LogP contribution in [0, 0.1) is 5.82 Å². The molecule has 0 radical (unpaired) electrons. The van der Waals surface area contributed by atoms with Gasteiger partial charge in [-0.05, 0) is 57.7 Å². The summed E-state index contributed by atoms with van der Waals surface area (Å²) in [5.74, 6) is -0.750. The van der Waals surface area contributed by atoms with E-state index in [2.05, 4.69) is 21.2 Å². The lowest BCUT2D eigenvalue weighted by Crippen LogP contribution is -2.23. The summed E-state index contributed by atoms with van der Waals surface area (Å²) in [7, 11) is -3.14. The third-order valence-electron chi connectivity index (χ3n) is 3.73. The number of benzene rings is 2. The van der Waals surface area contributed by atoms with Gasteiger partial charge < -0.3 is 5.32 Å². The molecule has 3 rings (SSSR count). The van der Waals surface area contributed by atoms with Crippen molar-refractivity contribution in [2.75, 3.05) is 5.75 Å². The van der Waals surface area contributed by atoms with Crippen molar-refractivity contribution >= 4 is 31.7 Å². The highest BCUT2D eigenvalue weighted by Crippen LogP contribution is 2.26. The molecule has 1 aliphatic rings. The van der Waals surface area contributed by atoms with Gasteiger partial charge in [-0.15, -0.1) is 0 Å². The van der Waals surface area contributed by atoms with E-state index in [4.69, 9.17) is 0 Å². The Labute approximate surface area is 141 Å². The minimum Gasteiger partial charge on any atom is -0.348 e. The Balaban J connectivity index is 1.74. The van der Waals surface area contributed by atoms with Gasteiger partial charge in [0.2, 0.25) is 0 Å². The maximum atomic E-state index is 13.2.